The van der Waals surface area contributed by atoms with E-state index in [0.717, 1.165) is 0 Å². The fourth-order valence-electron chi connectivity index (χ4n) is 1.50. The molecule has 1 aromatic carbocycles. The molecule has 0 saturated carbocycles. The molecule has 0 amide bonds. The standard InChI is InChI=1S/C13H20FNO/c1-13(2,3)12(15-4)9-16-11-7-5-6-10(14)8-11/h5-8,12,15H,9H2,1-4H3. The van der Waals surface area contributed by atoms with Crippen LogP contribution in [0.15, 0.2) is 24.3 Å². The van der Waals surface area contributed by atoms with Gasteiger partial charge in [-0.3, -0.25) is 0 Å². The van der Waals surface area contributed by atoms with Crippen molar-refractivity contribution in [3.05, 3.63) is 30.1 Å². The first-order valence-electron chi connectivity index (χ1n) is 5.49. The minimum Gasteiger partial charge on any atom is -0.492 e. The number of hydrogen-bond donors (Lipinski definition) is 1. The van der Waals surface area contributed by atoms with Crippen LogP contribution in [0.2, 0.25) is 0 Å². The molecule has 0 aliphatic carbocycles. The molecule has 0 bridgehead atoms. The Labute approximate surface area is 96.8 Å². The molecule has 3 heteroatoms. The molecule has 0 saturated heterocycles. The van der Waals surface area contributed by atoms with Crippen molar-refractivity contribution in [2.24, 2.45) is 5.41 Å². The van der Waals surface area contributed by atoms with Crippen LogP contribution in [0.1, 0.15) is 20.8 Å². The lowest BCUT2D eigenvalue weighted by Crippen LogP contribution is -2.42. The van der Waals surface area contributed by atoms with Crippen molar-refractivity contribution in [1.82, 2.24) is 5.32 Å². The predicted molar refractivity (Wildman–Crippen MR) is 64.2 cm³/mol. The van der Waals surface area contributed by atoms with Crippen molar-refractivity contribution in [3.8, 4) is 5.75 Å². The minimum absolute atomic E-state index is 0.113. The molecule has 0 aromatic heterocycles. The summed E-state index contributed by atoms with van der Waals surface area (Å²) in [6.45, 7) is 6.96. The second-order valence-electron chi connectivity index (χ2n) is 4.98. The zero-order valence-electron chi connectivity index (χ0n) is 10.4. The van der Waals surface area contributed by atoms with Gasteiger partial charge in [-0.2, -0.15) is 0 Å². The molecular weight excluding hydrogens is 205 g/mol. The highest BCUT2D eigenvalue weighted by Gasteiger charge is 2.23. The minimum atomic E-state index is -0.269. The van der Waals surface area contributed by atoms with Gasteiger partial charge in [0.25, 0.3) is 0 Å². The van der Waals surface area contributed by atoms with Crippen molar-refractivity contribution in [2.75, 3.05) is 13.7 Å². The Morgan fingerprint density at radius 3 is 2.56 bits per heavy atom. The van der Waals surface area contributed by atoms with Gasteiger partial charge in [0.1, 0.15) is 18.2 Å². The third kappa shape index (κ3) is 3.81. The van der Waals surface area contributed by atoms with E-state index in [-0.39, 0.29) is 17.3 Å². The summed E-state index contributed by atoms with van der Waals surface area (Å²) >= 11 is 0. The van der Waals surface area contributed by atoms with Crippen LogP contribution in [0, 0.1) is 11.2 Å². The third-order valence-corrected chi connectivity index (χ3v) is 2.61. The molecule has 0 fully saturated rings. The average Bonchev–Trinajstić information content (AvgIpc) is 2.16. The van der Waals surface area contributed by atoms with E-state index in [2.05, 4.69) is 26.1 Å². The normalized spacial score (nSPS) is 13.6. The van der Waals surface area contributed by atoms with E-state index in [1.807, 2.05) is 7.05 Å². The smallest absolute Gasteiger partial charge is 0.126 e. The number of ether oxygens (including phenoxy) is 1. The molecule has 1 atom stereocenters. The molecule has 0 heterocycles. The number of likely N-dealkylation sites (N-methyl/N-ethyl adjacent to an activating group) is 1. The molecule has 0 aliphatic rings. The van der Waals surface area contributed by atoms with Crippen molar-refractivity contribution in [3.63, 3.8) is 0 Å². The lowest BCUT2D eigenvalue weighted by Gasteiger charge is -2.30. The summed E-state index contributed by atoms with van der Waals surface area (Å²) in [5.74, 6) is 0.304. The van der Waals surface area contributed by atoms with Crippen LogP contribution in [0.4, 0.5) is 4.39 Å². The highest BCUT2D eigenvalue weighted by Crippen LogP contribution is 2.20. The molecule has 1 unspecified atom stereocenters. The van der Waals surface area contributed by atoms with Crippen molar-refractivity contribution in [1.29, 1.82) is 0 Å². The largest absolute Gasteiger partial charge is 0.492 e. The van der Waals surface area contributed by atoms with Gasteiger partial charge in [0.15, 0.2) is 0 Å². The van der Waals surface area contributed by atoms with Crippen molar-refractivity contribution < 1.29 is 9.13 Å². The lowest BCUT2D eigenvalue weighted by molar-refractivity contribution is 0.181. The molecule has 1 rings (SSSR count). The Morgan fingerprint density at radius 1 is 1.38 bits per heavy atom. The monoisotopic (exact) mass is 225 g/mol. The van der Waals surface area contributed by atoms with Gasteiger partial charge in [-0.15, -0.1) is 0 Å². The zero-order valence-corrected chi connectivity index (χ0v) is 10.4. The fraction of sp³-hybridized carbons (Fsp3) is 0.538. The molecule has 0 aliphatic heterocycles. The Bertz CT molecular complexity index is 333. The Balaban J connectivity index is 2.56. The average molecular weight is 225 g/mol. The first-order chi connectivity index (χ1) is 7.43. The second-order valence-corrected chi connectivity index (χ2v) is 4.98. The lowest BCUT2D eigenvalue weighted by atomic mass is 9.87. The molecular formula is C13H20FNO. The van der Waals surface area contributed by atoms with Crippen LogP contribution in [-0.2, 0) is 0 Å². The molecule has 0 radical (unpaired) electrons. The highest BCUT2D eigenvalue weighted by atomic mass is 19.1. The van der Waals surface area contributed by atoms with Gasteiger partial charge < -0.3 is 10.1 Å². The highest BCUT2D eigenvalue weighted by molar-refractivity contribution is 5.22. The van der Waals surface area contributed by atoms with E-state index in [9.17, 15) is 4.39 Å². The maximum atomic E-state index is 12.9. The second kappa shape index (κ2) is 5.30. The third-order valence-electron chi connectivity index (χ3n) is 2.61. The number of benzene rings is 1. The van der Waals surface area contributed by atoms with Crippen LogP contribution in [0.3, 0.4) is 0 Å². The Morgan fingerprint density at radius 2 is 2.06 bits per heavy atom. The van der Waals surface area contributed by atoms with E-state index in [0.29, 0.717) is 12.4 Å². The maximum absolute atomic E-state index is 12.9. The van der Waals surface area contributed by atoms with Crippen LogP contribution >= 0.6 is 0 Å². The number of hydrogen-bond acceptors (Lipinski definition) is 2. The van der Waals surface area contributed by atoms with Crippen LogP contribution in [0.25, 0.3) is 0 Å². The van der Waals surface area contributed by atoms with E-state index < -0.39 is 0 Å². The number of halogens is 1. The van der Waals surface area contributed by atoms with Gasteiger partial charge in [0.2, 0.25) is 0 Å². The maximum Gasteiger partial charge on any atom is 0.126 e. The first-order valence-corrected chi connectivity index (χ1v) is 5.49. The van der Waals surface area contributed by atoms with Gasteiger partial charge in [0.05, 0.1) is 0 Å². The van der Waals surface area contributed by atoms with Gasteiger partial charge in [-0.25, -0.2) is 4.39 Å². The summed E-state index contributed by atoms with van der Waals surface area (Å²) in [5.41, 5.74) is 0.113. The summed E-state index contributed by atoms with van der Waals surface area (Å²) in [6.07, 6.45) is 0. The van der Waals surface area contributed by atoms with Crippen LogP contribution in [0.5, 0.6) is 5.75 Å². The Hall–Kier alpha value is -1.09. The molecule has 2 nitrogen and oxygen atoms in total. The van der Waals surface area contributed by atoms with Crippen LogP contribution < -0.4 is 10.1 Å². The summed E-state index contributed by atoms with van der Waals surface area (Å²) in [4.78, 5) is 0. The van der Waals surface area contributed by atoms with Crippen molar-refractivity contribution in [2.45, 2.75) is 26.8 Å². The van der Waals surface area contributed by atoms with E-state index in [1.54, 1.807) is 12.1 Å². The predicted octanol–water partition coefficient (Wildman–Crippen LogP) is 2.84. The summed E-state index contributed by atoms with van der Waals surface area (Å²) in [5, 5.41) is 3.21. The molecule has 1 aromatic rings. The summed E-state index contributed by atoms with van der Waals surface area (Å²) in [6, 6.07) is 6.45. The topological polar surface area (TPSA) is 21.3 Å². The van der Waals surface area contributed by atoms with Gasteiger partial charge >= 0.3 is 0 Å². The first kappa shape index (κ1) is 13.0. The zero-order chi connectivity index (χ0) is 12.2. The summed E-state index contributed by atoms with van der Waals surface area (Å²) < 4.78 is 18.5. The van der Waals surface area contributed by atoms with Crippen molar-refractivity contribution >= 4 is 0 Å². The fourth-order valence-corrected chi connectivity index (χ4v) is 1.50. The molecule has 0 spiro atoms. The molecule has 1 N–H and O–H groups in total. The van der Waals surface area contributed by atoms with Gasteiger partial charge in [0, 0.05) is 12.1 Å². The molecule has 90 valence electrons. The quantitative estimate of drug-likeness (QED) is 0.850. The SMILES string of the molecule is CNC(COc1cccc(F)c1)C(C)(C)C. The Kier molecular flexibility index (Phi) is 4.30. The van der Waals surface area contributed by atoms with E-state index in [1.165, 1.54) is 12.1 Å². The van der Waals surface area contributed by atoms with E-state index in [4.69, 9.17) is 4.74 Å². The van der Waals surface area contributed by atoms with Gasteiger partial charge in [-0.1, -0.05) is 26.8 Å². The van der Waals surface area contributed by atoms with Crippen LogP contribution in [-0.4, -0.2) is 19.7 Å². The number of nitrogens with one attached hydrogen (secondary N) is 1. The van der Waals surface area contributed by atoms with Gasteiger partial charge in [-0.05, 0) is 24.6 Å². The molecule has 16 heavy (non-hydrogen) atoms. The van der Waals surface area contributed by atoms with E-state index >= 15 is 0 Å². The summed E-state index contributed by atoms with van der Waals surface area (Å²) in [7, 11) is 1.91. The number of rotatable bonds is 4.